The Hall–Kier alpha value is -3.70. The lowest BCUT2D eigenvalue weighted by molar-refractivity contribution is -0.141. The summed E-state index contributed by atoms with van der Waals surface area (Å²) in [5.41, 5.74) is 11.1. The standard InChI is InChI=1S/C25H40N8O4/c1-4-16(3)20(32-21(34)17-9-6-12-28-15-17)23(36)31-18(10-7-13-30-25(26)27)24(37)33-14-8-11-19(33)22(35)29-5-2/h6,9,12,15-16,18-20H,4-5,7-8,10-11,13-14H2,1-3H3,(H,29,35)(H,31,36)(H,32,34)(H4,26,27,30)/t16-,18-,19-,20-/m0/s1. The lowest BCUT2D eigenvalue weighted by atomic mass is 9.97. The van der Waals surface area contributed by atoms with Gasteiger partial charge in [0.15, 0.2) is 5.96 Å². The highest BCUT2D eigenvalue weighted by atomic mass is 16.2. The van der Waals surface area contributed by atoms with E-state index in [-0.39, 0.29) is 36.7 Å². The molecule has 0 aliphatic carbocycles. The molecule has 12 heteroatoms. The van der Waals surface area contributed by atoms with Crippen LogP contribution < -0.4 is 27.4 Å². The topological polar surface area (TPSA) is 185 Å². The van der Waals surface area contributed by atoms with Gasteiger partial charge >= 0.3 is 0 Å². The van der Waals surface area contributed by atoms with E-state index in [2.05, 4.69) is 25.9 Å². The number of nitrogens with one attached hydrogen (secondary N) is 3. The SMILES string of the molecule is CCNC(=O)[C@@H]1CCCN1C(=O)[C@H](CCCN=C(N)N)NC(=O)[C@@H](NC(=O)c1cccnc1)[C@@H](C)CC. The molecule has 0 bridgehead atoms. The summed E-state index contributed by atoms with van der Waals surface area (Å²) in [7, 11) is 0. The molecule has 1 aromatic heterocycles. The molecule has 1 aromatic rings. The van der Waals surface area contributed by atoms with E-state index in [1.165, 1.54) is 11.1 Å². The van der Waals surface area contributed by atoms with Gasteiger partial charge in [0, 0.05) is 32.0 Å². The van der Waals surface area contributed by atoms with Gasteiger partial charge in [-0.3, -0.25) is 29.2 Å². The van der Waals surface area contributed by atoms with Crippen LogP contribution in [0.2, 0.25) is 0 Å². The monoisotopic (exact) mass is 516 g/mol. The number of hydrogen-bond acceptors (Lipinski definition) is 6. The van der Waals surface area contributed by atoms with Crippen molar-refractivity contribution >= 4 is 29.6 Å². The molecular formula is C25H40N8O4. The predicted molar refractivity (Wildman–Crippen MR) is 140 cm³/mol. The van der Waals surface area contributed by atoms with Crippen molar-refractivity contribution in [2.45, 2.75) is 71.0 Å². The maximum Gasteiger partial charge on any atom is 0.253 e. The number of aliphatic imine (C=N–C) groups is 1. The number of nitrogens with zero attached hydrogens (tertiary/aromatic N) is 3. The number of rotatable bonds is 13. The smallest absolute Gasteiger partial charge is 0.253 e. The van der Waals surface area contributed by atoms with Gasteiger partial charge in [-0.15, -0.1) is 0 Å². The van der Waals surface area contributed by atoms with Crippen molar-refractivity contribution in [3.63, 3.8) is 0 Å². The van der Waals surface area contributed by atoms with Crippen LogP contribution in [-0.4, -0.2) is 77.2 Å². The van der Waals surface area contributed by atoms with Gasteiger partial charge < -0.3 is 32.3 Å². The van der Waals surface area contributed by atoms with Gasteiger partial charge in [0.05, 0.1) is 5.56 Å². The second-order valence-corrected chi connectivity index (χ2v) is 9.17. The third-order valence-corrected chi connectivity index (χ3v) is 6.46. The van der Waals surface area contributed by atoms with Crippen molar-refractivity contribution in [1.29, 1.82) is 0 Å². The molecule has 1 fully saturated rings. The fraction of sp³-hybridized carbons (Fsp3) is 0.600. The maximum absolute atomic E-state index is 13.6. The molecule has 1 saturated heterocycles. The van der Waals surface area contributed by atoms with E-state index < -0.39 is 29.9 Å². The highest BCUT2D eigenvalue weighted by Crippen LogP contribution is 2.20. The summed E-state index contributed by atoms with van der Waals surface area (Å²) < 4.78 is 0. The number of pyridine rings is 1. The molecule has 4 atom stereocenters. The highest BCUT2D eigenvalue weighted by molar-refractivity contribution is 5.98. The Balaban J connectivity index is 2.22. The van der Waals surface area contributed by atoms with Crippen LogP contribution in [-0.2, 0) is 14.4 Å². The van der Waals surface area contributed by atoms with Crippen LogP contribution in [0.3, 0.4) is 0 Å². The molecule has 4 amide bonds. The second kappa shape index (κ2) is 14.8. The number of likely N-dealkylation sites (tertiary alicyclic amines) is 1. The highest BCUT2D eigenvalue weighted by Gasteiger charge is 2.38. The lowest BCUT2D eigenvalue weighted by Gasteiger charge is -2.30. The number of hydrogen-bond donors (Lipinski definition) is 5. The van der Waals surface area contributed by atoms with Gasteiger partial charge in [0.2, 0.25) is 17.7 Å². The third-order valence-electron chi connectivity index (χ3n) is 6.46. The van der Waals surface area contributed by atoms with Crippen LogP contribution in [0, 0.1) is 5.92 Å². The summed E-state index contributed by atoms with van der Waals surface area (Å²) in [5, 5.41) is 8.41. The first kappa shape index (κ1) is 29.5. The number of carbonyl (C=O) groups excluding carboxylic acids is 4. The quantitative estimate of drug-likeness (QED) is 0.137. The molecule has 204 valence electrons. The average Bonchev–Trinajstić information content (AvgIpc) is 3.38. The van der Waals surface area contributed by atoms with Gasteiger partial charge in [-0.1, -0.05) is 20.3 Å². The fourth-order valence-corrected chi connectivity index (χ4v) is 4.24. The Morgan fingerprint density at radius 3 is 2.59 bits per heavy atom. The van der Waals surface area contributed by atoms with Gasteiger partial charge in [-0.25, -0.2) is 0 Å². The number of aromatic nitrogens is 1. The maximum atomic E-state index is 13.6. The molecule has 1 aliphatic heterocycles. The lowest BCUT2D eigenvalue weighted by Crippen LogP contribution is -2.57. The van der Waals surface area contributed by atoms with Gasteiger partial charge in [0.1, 0.15) is 18.1 Å². The first-order chi connectivity index (χ1) is 17.7. The molecular weight excluding hydrogens is 476 g/mol. The zero-order valence-electron chi connectivity index (χ0n) is 21.9. The Bertz CT molecular complexity index is 951. The summed E-state index contributed by atoms with van der Waals surface area (Å²) in [6, 6.07) is 0.889. The van der Waals surface area contributed by atoms with E-state index in [0.717, 1.165) is 0 Å². The summed E-state index contributed by atoms with van der Waals surface area (Å²) in [5.74, 6) is -1.71. The van der Waals surface area contributed by atoms with E-state index in [1.54, 1.807) is 18.3 Å². The van der Waals surface area contributed by atoms with Crippen molar-refractivity contribution in [1.82, 2.24) is 25.8 Å². The summed E-state index contributed by atoms with van der Waals surface area (Å²) in [6.07, 6.45) is 5.56. The van der Waals surface area contributed by atoms with Crippen LogP contribution in [0.25, 0.3) is 0 Å². The first-order valence-corrected chi connectivity index (χ1v) is 12.8. The molecule has 0 saturated carbocycles. The number of amides is 4. The van der Waals surface area contributed by atoms with Gasteiger partial charge in [-0.2, -0.15) is 0 Å². The molecule has 2 rings (SSSR count). The largest absolute Gasteiger partial charge is 0.370 e. The predicted octanol–water partition coefficient (Wildman–Crippen LogP) is -0.108. The summed E-state index contributed by atoms with van der Waals surface area (Å²) >= 11 is 0. The van der Waals surface area contributed by atoms with Crippen LogP contribution in [0.4, 0.5) is 0 Å². The Morgan fingerprint density at radius 1 is 1.22 bits per heavy atom. The first-order valence-electron chi connectivity index (χ1n) is 12.8. The van der Waals surface area contributed by atoms with Crippen molar-refractivity contribution in [2.75, 3.05) is 19.6 Å². The Kier molecular flexibility index (Phi) is 11.8. The zero-order valence-corrected chi connectivity index (χ0v) is 21.9. The van der Waals surface area contributed by atoms with Crippen molar-refractivity contribution < 1.29 is 19.2 Å². The third kappa shape index (κ3) is 8.72. The molecule has 7 N–H and O–H groups in total. The van der Waals surface area contributed by atoms with Crippen LogP contribution in [0.1, 0.15) is 63.2 Å². The Labute approximate surface area is 218 Å². The van der Waals surface area contributed by atoms with Crippen molar-refractivity contribution in [2.24, 2.45) is 22.4 Å². The molecule has 0 unspecified atom stereocenters. The molecule has 37 heavy (non-hydrogen) atoms. The number of likely N-dealkylation sites (N-methyl/N-ethyl adjacent to an activating group) is 1. The zero-order chi connectivity index (χ0) is 27.4. The van der Waals surface area contributed by atoms with Crippen molar-refractivity contribution in [3.05, 3.63) is 30.1 Å². The van der Waals surface area contributed by atoms with Gasteiger partial charge in [-0.05, 0) is 50.7 Å². The normalized spacial score (nSPS) is 17.3. The molecule has 2 heterocycles. The van der Waals surface area contributed by atoms with E-state index in [1.807, 2.05) is 20.8 Å². The minimum Gasteiger partial charge on any atom is -0.370 e. The minimum absolute atomic E-state index is 0.0577. The van der Waals surface area contributed by atoms with E-state index in [0.29, 0.717) is 44.3 Å². The molecule has 0 aromatic carbocycles. The second-order valence-electron chi connectivity index (χ2n) is 9.17. The molecule has 12 nitrogen and oxygen atoms in total. The minimum atomic E-state index is -0.904. The van der Waals surface area contributed by atoms with Crippen LogP contribution in [0.15, 0.2) is 29.5 Å². The number of guanidine groups is 1. The fourth-order valence-electron chi connectivity index (χ4n) is 4.24. The van der Waals surface area contributed by atoms with E-state index >= 15 is 0 Å². The van der Waals surface area contributed by atoms with Crippen LogP contribution >= 0.6 is 0 Å². The summed E-state index contributed by atoms with van der Waals surface area (Å²) in [6.45, 7) is 6.76. The average molecular weight is 517 g/mol. The molecule has 1 aliphatic rings. The van der Waals surface area contributed by atoms with E-state index in [9.17, 15) is 19.2 Å². The Morgan fingerprint density at radius 2 is 1.97 bits per heavy atom. The molecule has 0 radical (unpaired) electrons. The van der Waals surface area contributed by atoms with E-state index in [4.69, 9.17) is 11.5 Å². The van der Waals surface area contributed by atoms with Gasteiger partial charge in [0.25, 0.3) is 5.91 Å². The number of carbonyl (C=O) groups is 4. The number of nitrogens with two attached hydrogens (primary N) is 2. The van der Waals surface area contributed by atoms with Crippen LogP contribution in [0.5, 0.6) is 0 Å². The summed E-state index contributed by atoms with van der Waals surface area (Å²) in [4.78, 5) is 61.8. The van der Waals surface area contributed by atoms with Crippen molar-refractivity contribution in [3.8, 4) is 0 Å². The molecule has 0 spiro atoms.